The van der Waals surface area contributed by atoms with Gasteiger partial charge < -0.3 is 10.6 Å². The van der Waals surface area contributed by atoms with Crippen LogP contribution < -0.4 is 10.6 Å². The highest BCUT2D eigenvalue weighted by molar-refractivity contribution is 6.38. The van der Waals surface area contributed by atoms with Gasteiger partial charge in [-0.2, -0.15) is 0 Å². The lowest BCUT2D eigenvalue weighted by molar-refractivity contribution is -0.140. The maximum atomic E-state index is 11.8. The van der Waals surface area contributed by atoms with Crippen molar-refractivity contribution < 1.29 is 14.4 Å². The van der Waals surface area contributed by atoms with Crippen molar-refractivity contribution in [1.82, 2.24) is 10.6 Å². The summed E-state index contributed by atoms with van der Waals surface area (Å²) in [4.78, 5) is 34.7. The van der Waals surface area contributed by atoms with Crippen LogP contribution in [0.2, 0.25) is 0 Å². The van der Waals surface area contributed by atoms with Crippen molar-refractivity contribution in [2.75, 3.05) is 0 Å². The highest BCUT2D eigenvalue weighted by atomic mass is 16.2. The van der Waals surface area contributed by atoms with E-state index in [0.29, 0.717) is 12.8 Å². The minimum atomic E-state index is -0.675. The Kier molecular flexibility index (Phi) is 5.12. The van der Waals surface area contributed by atoms with Gasteiger partial charge in [0.1, 0.15) is 0 Å². The quantitative estimate of drug-likeness (QED) is 0.637. The second-order valence-electron chi connectivity index (χ2n) is 4.37. The van der Waals surface area contributed by atoms with E-state index in [1.165, 1.54) is 0 Å². The number of carbonyl (C=O) groups is 3. The van der Waals surface area contributed by atoms with Gasteiger partial charge in [-0.1, -0.05) is 20.3 Å². The average Bonchev–Trinajstić information content (AvgIpc) is 3.11. The Balaban J connectivity index is 2.51. The first-order chi connectivity index (χ1) is 8.08. The SMILES string of the molecule is CCC[C@H](NC(=O)CC)C(=O)C(=O)NC1CC1. The molecule has 1 saturated carbocycles. The predicted molar refractivity (Wildman–Crippen MR) is 63.3 cm³/mol. The van der Waals surface area contributed by atoms with E-state index in [2.05, 4.69) is 10.6 Å². The minimum Gasteiger partial charge on any atom is -0.347 e. The Hall–Kier alpha value is -1.39. The topological polar surface area (TPSA) is 75.3 Å². The van der Waals surface area contributed by atoms with Crippen LogP contribution in [-0.4, -0.2) is 29.7 Å². The lowest BCUT2D eigenvalue weighted by atomic mass is 10.1. The van der Waals surface area contributed by atoms with Gasteiger partial charge in [0.15, 0.2) is 0 Å². The number of amides is 2. The third-order valence-corrected chi connectivity index (χ3v) is 2.69. The fourth-order valence-corrected chi connectivity index (χ4v) is 1.50. The van der Waals surface area contributed by atoms with Crippen LogP contribution in [0, 0.1) is 0 Å². The first kappa shape index (κ1) is 13.7. The molecule has 0 heterocycles. The summed E-state index contributed by atoms with van der Waals surface area (Å²) in [6, 6.07) is -0.512. The number of nitrogens with one attached hydrogen (secondary N) is 2. The highest BCUT2D eigenvalue weighted by Crippen LogP contribution is 2.18. The second kappa shape index (κ2) is 6.37. The Labute approximate surface area is 101 Å². The van der Waals surface area contributed by atoms with Crippen molar-refractivity contribution in [3.8, 4) is 0 Å². The molecule has 0 bridgehead atoms. The van der Waals surface area contributed by atoms with Crippen LogP contribution in [0.15, 0.2) is 0 Å². The summed E-state index contributed by atoms with van der Waals surface area (Å²) in [5, 5.41) is 5.24. The molecule has 0 aliphatic heterocycles. The van der Waals surface area contributed by atoms with Gasteiger partial charge in [-0.05, 0) is 19.3 Å². The molecule has 5 heteroatoms. The van der Waals surface area contributed by atoms with Crippen molar-refractivity contribution in [3.05, 3.63) is 0 Å². The zero-order chi connectivity index (χ0) is 12.8. The number of ketones is 1. The molecule has 1 aliphatic rings. The molecule has 0 unspecified atom stereocenters. The maximum Gasteiger partial charge on any atom is 0.289 e. The molecule has 17 heavy (non-hydrogen) atoms. The van der Waals surface area contributed by atoms with E-state index in [1.807, 2.05) is 6.92 Å². The molecule has 0 aromatic heterocycles. The number of Topliss-reactive ketones (excluding diaryl/α,β-unsaturated/α-hetero) is 1. The summed E-state index contributed by atoms with van der Waals surface area (Å²) in [6.07, 6.45) is 3.45. The molecule has 1 fully saturated rings. The van der Waals surface area contributed by atoms with Crippen LogP contribution in [0.3, 0.4) is 0 Å². The molecule has 5 nitrogen and oxygen atoms in total. The van der Waals surface area contributed by atoms with E-state index in [0.717, 1.165) is 19.3 Å². The van der Waals surface area contributed by atoms with Crippen molar-refractivity contribution in [1.29, 1.82) is 0 Å². The van der Waals surface area contributed by atoms with Gasteiger partial charge in [-0.15, -0.1) is 0 Å². The largest absolute Gasteiger partial charge is 0.347 e. The lowest BCUT2D eigenvalue weighted by Crippen LogP contribution is -2.47. The predicted octanol–water partition coefficient (Wildman–Crippen LogP) is 0.529. The zero-order valence-electron chi connectivity index (χ0n) is 10.4. The maximum absolute atomic E-state index is 11.8. The molecular weight excluding hydrogens is 220 g/mol. The third-order valence-electron chi connectivity index (χ3n) is 2.69. The van der Waals surface area contributed by atoms with E-state index in [4.69, 9.17) is 0 Å². The third kappa shape index (κ3) is 4.54. The number of hydrogen-bond acceptors (Lipinski definition) is 3. The molecule has 0 aromatic rings. The number of rotatable bonds is 7. The molecule has 0 radical (unpaired) electrons. The van der Waals surface area contributed by atoms with Crippen molar-refractivity contribution in [2.24, 2.45) is 0 Å². The first-order valence-corrected chi connectivity index (χ1v) is 6.22. The number of hydrogen-bond donors (Lipinski definition) is 2. The first-order valence-electron chi connectivity index (χ1n) is 6.22. The van der Waals surface area contributed by atoms with Gasteiger partial charge in [-0.25, -0.2) is 0 Å². The van der Waals surface area contributed by atoms with Crippen LogP contribution in [0.25, 0.3) is 0 Å². The molecule has 1 aliphatic carbocycles. The Morgan fingerprint density at radius 1 is 1.24 bits per heavy atom. The molecule has 1 rings (SSSR count). The summed E-state index contributed by atoms with van der Waals surface area (Å²) in [5.74, 6) is -1.29. The summed E-state index contributed by atoms with van der Waals surface area (Å²) in [5.41, 5.74) is 0. The number of carbonyl (C=O) groups excluding carboxylic acids is 3. The van der Waals surface area contributed by atoms with E-state index in [-0.39, 0.29) is 11.9 Å². The highest BCUT2D eigenvalue weighted by Gasteiger charge is 2.30. The van der Waals surface area contributed by atoms with E-state index in [1.54, 1.807) is 6.92 Å². The van der Waals surface area contributed by atoms with Crippen molar-refractivity contribution >= 4 is 17.6 Å². The molecule has 0 spiro atoms. The standard InChI is InChI=1S/C12H20N2O3/c1-3-5-9(14-10(15)4-2)11(16)12(17)13-8-6-7-8/h8-9H,3-7H2,1-2H3,(H,13,17)(H,14,15)/t9-/m0/s1. The van der Waals surface area contributed by atoms with Gasteiger partial charge >= 0.3 is 0 Å². The summed E-state index contributed by atoms with van der Waals surface area (Å²) in [7, 11) is 0. The Morgan fingerprint density at radius 2 is 1.88 bits per heavy atom. The molecule has 2 N–H and O–H groups in total. The van der Waals surface area contributed by atoms with Crippen LogP contribution in [0.1, 0.15) is 46.0 Å². The van der Waals surface area contributed by atoms with E-state index < -0.39 is 17.7 Å². The lowest BCUT2D eigenvalue weighted by Gasteiger charge is -2.16. The van der Waals surface area contributed by atoms with Gasteiger partial charge in [0.25, 0.3) is 5.91 Å². The molecule has 0 aromatic carbocycles. The van der Waals surface area contributed by atoms with Gasteiger partial charge in [0.05, 0.1) is 6.04 Å². The molecule has 1 atom stereocenters. The van der Waals surface area contributed by atoms with Crippen LogP contribution in [-0.2, 0) is 14.4 Å². The smallest absolute Gasteiger partial charge is 0.289 e. The van der Waals surface area contributed by atoms with Gasteiger partial charge in [-0.3, -0.25) is 14.4 Å². The van der Waals surface area contributed by atoms with Gasteiger partial charge in [0.2, 0.25) is 11.7 Å². The summed E-state index contributed by atoms with van der Waals surface area (Å²) < 4.78 is 0. The second-order valence-corrected chi connectivity index (χ2v) is 4.37. The Morgan fingerprint density at radius 3 is 2.35 bits per heavy atom. The molecular formula is C12H20N2O3. The molecule has 0 saturated heterocycles. The normalized spacial score (nSPS) is 16.1. The summed E-state index contributed by atoms with van der Waals surface area (Å²) >= 11 is 0. The Bertz CT molecular complexity index is 311. The minimum absolute atomic E-state index is 0.163. The monoisotopic (exact) mass is 240 g/mol. The van der Waals surface area contributed by atoms with Crippen LogP contribution in [0.4, 0.5) is 0 Å². The van der Waals surface area contributed by atoms with Crippen molar-refractivity contribution in [2.45, 2.75) is 58.0 Å². The van der Waals surface area contributed by atoms with Crippen LogP contribution >= 0.6 is 0 Å². The fraction of sp³-hybridized carbons (Fsp3) is 0.750. The van der Waals surface area contributed by atoms with E-state index in [9.17, 15) is 14.4 Å². The summed E-state index contributed by atoms with van der Waals surface area (Å²) in [6.45, 7) is 3.63. The van der Waals surface area contributed by atoms with Crippen molar-refractivity contribution in [3.63, 3.8) is 0 Å². The molecule has 2 amide bonds. The average molecular weight is 240 g/mol. The fourth-order valence-electron chi connectivity index (χ4n) is 1.50. The zero-order valence-corrected chi connectivity index (χ0v) is 10.4. The van der Waals surface area contributed by atoms with E-state index >= 15 is 0 Å². The van der Waals surface area contributed by atoms with Gasteiger partial charge in [0, 0.05) is 12.5 Å². The van der Waals surface area contributed by atoms with Crippen LogP contribution in [0.5, 0.6) is 0 Å². The molecule has 96 valence electrons.